The molecular weight excluding hydrogens is 793 g/mol. The van der Waals surface area contributed by atoms with Gasteiger partial charge in [-0.25, -0.2) is 0 Å². The molecule has 0 aromatic rings. The zero-order valence-electron chi connectivity index (χ0n) is 43.3. The molecule has 0 aromatic carbocycles. The van der Waals surface area contributed by atoms with Gasteiger partial charge in [0.2, 0.25) is 0 Å². The topological polar surface area (TPSA) is 78.9 Å². The van der Waals surface area contributed by atoms with Gasteiger partial charge >= 0.3 is 17.9 Å². The van der Waals surface area contributed by atoms with Gasteiger partial charge in [-0.15, -0.1) is 0 Å². The molecule has 0 N–H and O–H groups in total. The molecule has 1 atom stereocenters. The molecule has 0 aromatic heterocycles. The molecule has 1 unspecified atom stereocenters. The summed E-state index contributed by atoms with van der Waals surface area (Å²) in [6.45, 7) is 6.68. The van der Waals surface area contributed by atoms with Crippen LogP contribution in [-0.4, -0.2) is 37.2 Å². The maximum Gasteiger partial charge on any atom is 0.306 e. The molecule has 64 heavy (non-hydrogen) atoms. The highest BCUT2D eigenvalue weighted by Crippen LogP contribution is 2.17. The molecule has 0 saturated heterocycles. The van der Waals surface area contributed by atoms with Crippen molar-refractivity contribution < 1.29 is 28.6 Å². The van der Waals surface area contributed by atoms with Crippen LogP contribution in [0.1, 0.15) is 323 Å². The molecule has 0 aliphatic carbocycles. The summed E-state index contributed by atoms with van der Waals surface area (Å²) in [5.41, 5.74) is 0. The minimum absolute atomic E-state index is 0.0676. The monoisotopic (exact) mass is 903 g/mol. The van der Waals surface area contributed by atoms with Gasteiger partial charge in [0, 0.05) is 19.3 Å². The summed E-state index contributed by atoms with van der Waals surface area (Å²) in [6.07, 6.45) is 60.6. The first-order chi connectivity index (χ1) is 31.5. The van der Waals surface area contributed by atoms with Crippen LogP contribution < -0.4 is 0 Å². The summed E-state index contributed by atoms with van der Waals surface area (Å²) >= 11 is 0. The maximum atomic E-state index is 12.8. The molecule has 0 amide bonds. The third kappa shape index (κ3) is 51.1. The van der Waals surface area contributed by atoms with Gasteiger partial charge < -0.3 is 14.2 Å². The van der Waals surface area contributed by atoms with Crippen LogP contribution in [0.3, 0.4) is 0 Å². The fraction of sp³-hybridized carbons (Fsp3) is 0.914. The summed E-state index contributed by atoms with van der Waals surface area (Å²) in [7, 11) is 0. The van der Waals surface area contributed by atoms with Gasteiger partial charge in [-0.1, -0.05) is 270 Å². The van der Waals surface area contributed by atoms with Gasteiger partial charge in [-0.3, -0.25) is 14.4 Å². The molecule has 0 fully saturated rings. The number of hydrogen-bond acceptors (Lipinski definition) is 6. The van der Waals surface area contributed by atoms with Crippen molar-refractivity contribution in [2.75, 3.05) is 13.2 Å². The Morgan fingerprint density at radius 2 is 0.516 bits per heavy atom. The number of carbonyl (C=O) groups is 3. The molecule has 0 heterocycles. The van der Waals surface area contributed by atoms with Crippen LogP contribution in [0, 0.1) is 0 Å². The van der Waals surface area contributed by atoms with Gasteiger partial charge in [0.15, 0.2) is 6.10 Å². The lowest BCUT2D eigenvalue weighted by molar-refractivity contribution is -0.167. The fourth-order valence-corrected chi connectivity index (χ4v) is 8.68. The van der Waals surface area contributed by atoms with Gasteiger partial charge in [-0.2, -0.15) is 0 Å². The van der Waals surface area contributed by atoms with Gasteiger partial charge in [-0.05, 0) is 44.9 Å². The van der Waals surface area contributed by atoms with Gasteiger partial charge in [0.05, 0.1) is 0 Å². The van der Waals surface area contributed by atoms with Crippen LogP contribution in [-0.2, 0) is 28.6 Å². The largest absolute Gasteiger partial charge is 0.462 e. The minimum Gasteiger partial charge on any atom is -0.462 e. The van der Waals surface area contributed by atoms with E-state index in [0.717, 1.165) is 64.2 Å². The highest BCUT2D eigenvalue weighted by Gasteiger charge is 2.19. The van der Waals surface area contributed by atoms with E-state index in [1.54, 1.807) is 0 Å². The highest BCUT2D eigenvalue weighted by atomic mass is 16.6. The Morgan fingerprint density at radius 1 is 0.297 bits per heavy atom. The third-order valence-electron chi connectivity index (χ3n) is 13.0. The van der Waals surface area contributed by atoms with E-state index in [0.29, 0.717) is 19.3 Å². The first kappa shape index (κ1) is 62.1. The molecular formula is C58H110O6. The maximum absolute atomic E-state index is 12.8. The van der Waals surface area contributed by atoms with Crippen molar-refractivity contribution in [3.8, 4) is 0 Å². The second kappa shape index (κ2) is 53.8. The van der Waals surface area contributed by atoms with Crippen molar-refractivity contribution >= 4 is 17.9 Å². The van der Waals surface area contributed by atoms with Crippen LogP contribution >= 0.6 is 0 Å². The van der Waals surface area contributed by atoms with Crippen LogP contribution in [0.2, 0.25) is 0 Å². The average Bonchev–Trinajstić information content (AvgIpc) is 3.29. The van der Waals surface area contributed by atoms with Crippen LogP contribution in [0.5, 0.6) is 0 Å². The van der Waals surface area contributed by atoms with E-state index in [4.69, 9.17) is 14.2 Å². The Balaban J connectivity index is 4.27. The first-order valence-corrected chi connectivity index (χ1v) is 28.7. The molecule has 0 saturated carbocycles. The smallest absolute Gasteiger partial charge is 0.306 e. The Labute approximate surface area is 399 Å². The molecule has 6 heteroatoms. The van der Waals surface area contributed by atoms with Crippen LogP contribution in [0.4, 0.5) is 0 Å². The fourth-order valence-electron chi connectivity index (χ4n) is 8.68. The normalized spacial score (nSPS) is 12.0. The van der Waals surface area contributed by atoms with E-state index in [9.17, 15) is 14.4 Å². The summed E-state index contributed by atoms with van der Waals surface area (Å²) in [6, 6.07) is 0. The SMILES string of the molecule is CCCCCCCCC/C=C\CCCCCCCC(=O)OC(COC(=O)CCCCCCCCCCCCC)COC(=O)CCCCCCCCCCCCCCCCCCCCC. The average molecular weight is 904 g/mol. The summed E-state index contributed by atoms with van der Waals surface area (Å²) in [5.74, 6) is -0.854. The number of unbranched alkanes of at least 4 members (excludes halogenated alkanes) is 40. The molecule has 0 spiro atoms. The molecule has 0 aliphatic heterocycles. The molecule has 6 nitrogen and oxygen atoms in total. The number of rotatable bonds is 53. The summed E-state index contributed by atoms with van der Waals surface area (Å²) in [5, 5.41) is 0. The number of carbonyl (C=O) groups excluding carboxylic acids is 3. The lowest BCUT2D eigenvalue weighted by Gasteiger charge is -2.18. The number of hydrogen-bond donors (Lipinski definition) is 0. The molecule has 0 radical (unpaired) electrons. The Hall–Kier alpha value is -1.85. The molecule has 0 bridgehead atoms. The molecule has 0 aliphatic rings. The standard InChI is InChI=1S/C58H110O6/c1-4-7-10-13-16-19-22-24-26-28-29-30-32-33-36-39-42-45-48-51-57(60)63-54-55(53-62-56(59)50-47-44-41-38-35-21-18-15-12-9-6-3)64-58(61)52-49-46-43-40-37-34-31-27-25-23-20-17-14-11-8-5-2/h27,31,55H,4-26,28-30,32-54H2,1-3H3/b31-27-. The van der Waals surface area contributed by atoms with Crippen LogP contribution in [0.25, 0.3) is 0 Å². The second-order valence-electron chi connectivity index (χ2n) is 19.6. The van der Waals surface area contributed by atoms with Crippen molar-refractivity contribution in [3.63, 3.8) is 0 Å². The minimum atomic E-state index is -0.768. The van der Waals surface area contributed by atoms with Crippen LogP contribution in [0.15, 0.2) is 12.2 Å². The predicted molar refractivity (Wildman–Crippen MR) is 275 cm³/mol. The zero-order chi connectivity index (χ0) is 46.5. The zero-order valence-corrected chi connectivity index (χ0v) is 43.3. The Morgan fingerprint density at radius 3 is 0.781 bits per heavy atom. The Kier molecular flexibility index (Phi) is 52.2. The lowest BCUT2D eigenvalue weighted by Crippen LogP contribution is -2.30. The summed E-state index contributed by atoms with van der Waals surface area (Å²) in [4.78, 5) is 38.1. The van der Waals surface area contributed by atoms with E-state index < -0.39 is 6.10 Å². The number of ether oxygens (including phenoxy) is 3. The summed E-state index contributed by atoms with van der Waals surface area (Å²) < 4.78 is 16.9. The third-order valence-corrected chi connectivity index (χ3v) is 13.0. The van der Waals surface area contributed by atoms with Gasteiger partial charge in [0.1, 0.15) is 13.2 Å². The first-order valence-electron chi connectivity index (χ1n) is 28.7. The van der Waals surface area contributed by atoms with Crippen molar-refractivity contribution in [2.24, 2.45) is 0 Å². The van der Waals surface area contributed by atoms with E-state index >= 15 is 0 Å². The molecule has 0 rings (SSSR count). The van der Waals surface area contributed by atoms with Crippen molar-refractivity contribution in [3.05, 3.63) is 12.2 Å². The van der Waals surface area contributed by atoms with Crippen molar-refractivity contribution in [1.29, 1.82) is 0 Å². The highest BCUT2D eigenvalue weighted by molar-refractivity contribution is 5.71. The lowest BCUT2D eigenvalue weighted by atomic mass is 10.0. The van der Waals surface area contributed by atoms with E-state index in [1.165, 1.54) is 218 Å². The van der Waals surface area contributed by atoms with Crippen molar-refractivity contribution in [2.45, 2.75) is 329 Å². The van der Waals surface area contributed by atoms with E-state index in [2.05, 4.69) is 32.9 Å². The van der Waals surface area contributed by atoms with E-state index in [-0.39, 0.29) is 31.1 Å². The second-order valence-corrected chi connectivity index (χ2v) is 19.6. The van der Waals surface area contributed by atoms with E-state index in [1.807, 2.05) is 0 Å². The number of allylic oxidation sites excluding steroid dienone is 2. The molecule has 378 valence electrons. The quantitative estimate of drug-likeness (QED) is 0.0262. The predicted octanol–water partition coefficient (Wildman–Crippen LogP) is 18.9. The van der Waals surface area contributed by atoms with Crippen molar-refractivity contribution in [1.82, 2.24) is 0 Å². The van der Waals surface area contributed by atoms with Gasteiger partial charge in [0.25, 0.3) is 0 Å². The Bertz CT molecular complexity index is 993. The number of esters is 3.